The number of esters is 1. The molecule has 0 spiro atoms. The summed E-state index contributed by atoms with van der Waals surface area (Å²) in [6.07, 6.45) is 0. The number of thiazole rings is 1. The molecule has 1 amide bonds. The van der Waals surface area contributed by atoms with Crippen LogP contribution in [0.1, 0.15) is 42.8 Å². The zero-order valence-corrected chi connectivity index (χ0v) is 16.6. The molecule has 2 aromatic heterocycles. The molecule has 2 heterocycles. The van der Waals surface area contributed by atoms with E-state index >= 15 is 0 Å². The normalized spacial score (nSPS) is 10.7. The minimum Gasteiger partial charge on any atom is -0.463 e. The Labute approximate surface area is 165 Å². The Morgan fingerprint density at radius 1 is 1.21 bits per heavy atom. The second-order valence-electron chi connectivity index (χ2n) is 6.30. The number of nitrogens with zero attached hydrogens (tertiary/aromatic N) is 1. The summed E-state index contributed by atoms with van der Waals surface area (Å²) in [6, 6.07) is 10.9. The Hall–Kier alpha value is -3.13. The van der Waals surface area contributed by atoms with Crippen LogP contribution in [0, 0.1) is 13.8 Å². The smallest absolute Gasteiger partial charge is 0.373 e. The van der Waals surface area contributed by atoms with Gasteiger partial charge in [0.2, 0.25) is 5.76 Å². The topological polar surface area (TPSA) is 90.5 Å². The highest BCUT2D eigenvalue weighted by Gasteiger charge is 2.19. The number of carbonyl (C=O) groups excluding carboxylic acids is 2. The lowest BCUT2D eigenvalue weighted by Gasteiger charge is -2.06. The minimum absolute atomic E-state index is 0.0644. The van der Waals surface area contributed by atoms with Crippen molar-refractivity contribution in [3.63, 3.8) is 0 Å². The van der Waals surface area contributed by atoms with Crippen molar-refractivity contribution in [3.8, 4) is 0 Å². The van der Waals surface area contributed by atoms with Crippen molar-refractivity contribution in [3.05, 3.63) is 79.3 Å². The summed E-state index contributed by atoms with van der Waals surface area (Å²) in [5.41, 5.74) is 2.65. The largest absolute Gasteiger partial charge is 0.463 e. The quantitative estimate of drug-likeness (QED) is 0.643. The van der Waals surface area contributed by atoms with E-state index in [0.29, 0.717) is 22.9 Å². The Kier molecular flexibility index (Phi) is 5.79. The first-order valence-corrected chi connectivity index (χ1v) is 9.41. The average Bonchev–Trinajstić information content (AvgIpc) is 3.26. The van der Waals surface area contributed by atoms with Crippen LogP contribution in [0.3, 0.4) is 0 Å². The lowest BCUT2D eigenvalue weighted by Crippen LogP contribution is -2.23. The molecule has 0 aliphatic heterocycles. The summed E-state index contributed by atoms with van der Waals surface area (Å²) in [5, 5.41) is 2.85. The number of carbonyl (C=O) groups is 2. The third-order valence-electron chi connectivity index (χ3n) is 4.25. The van der Waals surface area contributed by atoms with Crippen LogP contribution in [-0.4, -0.2) is 23.6 Å². The third kappa shape index (κ3) is 4.23. The highest BCUT2D eigenvalue weighted by molar-refractivity contribution is 7.11. The maximum atomic E-state index is 12.5. The van der Waals surface area contributed by atoms with Gasteiger partial charge in [-0.15, -0.1) is 0 Å². The van der Waals surface area contributed by atoms with E-state index in [0.717, 1.165) is 22.5 Å². The van der Waals surface area contributed by atoms with Crippen molar-refractivity contribution in [2.45, 2.75) is 26.9 Å². The van der Waals surface area contributed by atoms with Crippen LogP contribution in [0.2, 0.25) is 0 Å². The maximum Gasteiger partial charge on any atom is 0.373 e. The number of nitrogens with one attached hydrogen (secondary N) is 1. The van der Waals surface area contributed by atoms with Gasteiger partial charge in [-0.25, -0.2) is 4.79 Å². The molecule has 7 nitrogen and oxygen atoms in total. The van der Waals surface area contributed by atoms with E-state index in [1.54, 1.807) is 13.0 Å². The summed E-state index contributed by atoms with van der Waals surface area (Å²) >= 11 is 0.886. The number of hydrogen-bond acceptors (Lipinski definition) is 6. The van der Waals surface area contributed by atoms with Gasteiger partial charge in [-0.2, -0.15) is 0 Å². The van der Waals surface area contributed by atoms with Crippen molar-refractivity contribution in [1.82, 2.24) is 9.88 Å². The van der Waals surface area contributed by atoms with Crippen molar-refractivity contribution < 1.29 is 18.7 Å². The fourth-order valence-corrected chi connectivity index (χ4v) is 3.69. The summed E-state index contributed by atoms with van der Waals surface area (Å²) in [6.45, 7) is 4.21. The molecule has 0 saturated heterocycles. The first kappa shape index (κ1) is 19.6. The molecule has 0 bridgehead atoms. The van der Waals surface area contributed by atoms with Gasteiger partial charge in [0.15, 0.2) is 0 Å². The Bertz CT molecular complexity index is 1080. The van der Waals surface area contributed by atoms with Crippen LogP contribution in [-0.2, 0) is 17.8 Å². The maximum absolute atomic E-state index is 12.5. The van der Waals surface area contributed by atoms with Gasteiger partial charge in [0, 0.05) is 12.2 Å². The fourth-order valence-electron chi connectivity index (χ4n) is 2.78. The van der Waals surface area contributed by atoms with E-state index in [-0.39, 0.29) is 23.1 Å². The van der Waals surface area contributed by atoms with Gasteiger partial charge in [-0.3, -0.25) is 14.2 Å². The van der Waals surface area contributed by atoms with Crippen molar-refractivity contribution in [2.24, 2.45) is 0 Å². The molecule has 28 heavy (non-hydrogen) atoms. The number of amides is 1. The molecule has 0 aliphatic rings. The molecular formula is C20H20N2O5S. The van der Waals surface area contributed by atoms with Crippen LogP contribution >= 0.6 is 11.3 Å². The molecule has 0 aliphatic carbocycles. The minimum atomic E-state index is -0.586. The fraction of sp³-hybridized carbons (Fsp3) is 0.250. The summed E-state index contributed by atoms with van der Waals surface area (Å²) in [5.74, 6) is -0.393. The number of aromatic nitrogens is 1. The molecule has 3 rings (SSSR count). The van der Waals surface area contributed by atoms with Crippen LogP contribution in [0.4, 0.5) is 0 Å². The van der Waals surface area contributed by atoms with Gasteiger partial charge in [0.05, 0.1) is 13.7 Å². The lowest BCUT2D eigenvalue weighted by atomic mass is 10.1. The van der Waals surface area contributed by atoms with Gasteiger partial charge in [0.1, 0.15) is 10.6 Å². The molecule has 0 radical (unpaired) electrons. The molecule has 0 atom stereocenters. The van der Waals surface area contributed by atoms with E-state index < -0.39 is 5.97 Å². The van der Waals surface area contributed by atoms with Gasteiger partial charge < -0.3 is 14.5 Å². The molecular weight excluding hydrogens is 380 g/mol. The Morgan fingerprint density at radius 3 is 2.71 bits per heavy atom. The Balaban J connectivity index is 1.74. The third-order valence-corrected chi connectivity index (χ3v) is 5.33. The second-order valence-corrected chi connectivity index (χ2v) is 7.26. The molecule has 8 heteroatoms. The standard InChI is InChI=1S/C20H20N2O5S/c1-12-5-4-6-14(9-12)10-21-18(23)17-13(2)22(20(25)28-17)11-15-7-8-16(27-15)19(24)26-3/h4-9H,10-11H2,1-3H3,(H,21,23). The first-order valence-electron chi connectivity index (χ1n) is 8.60. The second kappa shape index (κ2) is 8.26. The van der Waals surface area contributed by atoms with E-state index in [9.17, 15) is 14.4 Å². The van der Waals surface area contributed by atoms with E-state index in [1.165, 1.54) is 17.7 Å². The molecule has 0 fully saturated rings. The highest BCUT2D eigenvalue weighted by Crippen LogP contribution is 2.16. The predicted molar refractivity (Wildman–Crippen MR) is 105 cm³/mol. The zero-order valence-electron chi connectivity index (χ0n) is 15.8. The highest BCUT2D eigenvalue weighted by atomic mass is 32.1. The number of hydrogen-bond donors (Lipinski definition) is 1. The van der Waals surface area contributed by atoms with Gasteiger partial charge in [0.25, 0.3) is 5.91 Å². The average molecular weight is 400 g/mol. The SMILES string of the molecule is COC(=O)c1ccc(Cn2c(C)c(C(=O)NCc3cccc(C)c3)sc2=O)o1. The molecule has 0 saturated carbocycles. The molecule has 1 N–H and O–H groups in total. The number of aryl methyl sites for hydroxylation is 1. The number of benzene rings is 1. The van der Waals surface area contributed by atoms with E-state index in [2.05, 4.69) is 10.1 Å². The van der Waals surface area contributed by atoms with Crippen molar-refractivity contribution in [1.29, 1.82) is 0 Å². The Morgan fingerprint density at radius 2 is 2.00 bits per heavy atom. The predicted octanol–water partition coefficient (Wildman–Crippen LogP) is 2.88. The van der Waals surface area contributed by atoms with E-state index in [4.69, 9.17) is 4.42 Å². The van der Waals surface area contributed by atoms with Gasteiger partial charge >= 0.3 is 10.8 Å². The number of methoxy groups -OCH3 is 1. The van der Waals surface area contributed by atoms with Crippen LogP contribution in [0.25, 0.3) is 0 Å². The van der Waals surface area contributed by atoms with Crippen LogP contribution in [0.15, 0.2) is 45.6 Å². The summed E-state index contributed by atoms with van der Waals surface area (Å²) in [4.78, 5) is 36.5. The van der Waals surface area contributed by atoms with Gasteiger partial charge in [-0.1, -0.05) is 41.2 Å². The molecule has 3 aromatic rings. The van der Waals surface area contributed by atoms with Crippen molar-refractivity contribution in [2.75, 3.05) is 7.11 Å². The number of rotatable bonds is 6. The van der Waals surface area contributed by atoms with Gasteiger partial charge in [-0.05, 0) is 31.5 Å². The van der Waals surface area contributed by atoms with Crippen molar-refractivity contribution >= 4 is 23.2 Å². The molecule has 1 aromatic carbocycles. The summed E-state index contributed by atoms with van der Waals surface area (Å²) in [7, 11) is 1.26. The van der Waals surface area contributed by atoms with Crippen LogP contribution < -0.4 is 10.2 Å². The zero-order chi connectivity index (χ0) is 20.3. The lowest BCUT2D eigenvalue weighted by molar-refractivity contribution is 0.0562. The monoisotopic (exact) mass is 400 g/mol. The number of furan rings is 1. The summed E-state index contributed by atoms with van der Waals surface area (Å²) < 4.78 is 11.5. The number of ether oxygens (including phenoxy) is 1. The first-order chi connectivity index (χ1) is 13.4. The van der Waals surface area contributed by atoms with E-state index in [1.807, 2.05) is 31.2 Å². The molecule has 0 unspecified atom stereocenters. The van der Waals surface area contributed by atoms with Crippen LogP contribution in [0.5, 0.6) is 0 Å². The molecule has 146 valence electrons.